The van der Waals surface area contributed by atoms with Crippen molar-refractivity contribution in [3.63, 3.8) is 0 Å². The third-order valence-corrected chi connectivity index (χ3v) is 3.80. The first kappa shape index (κ1) is 15.3. The lowest BCUT2D eigenvalue weighted by atomic mass is 10.0. The number of hydrogen-bond donors (Lipinski definition) is 1. The molecule has 0 radical (unpaired) electrons. The van der Waals surface area contributed by atoms with Crippen LogP contribution in [0.4, 0.5) is 0 Å². The van der Waals surface area contributed by atoms with Crippen LogP contribution in [0.5, 0.6) is 5.75 Å². The highest BCUT2D eigenvalue weighted by atomic mass is 16.5. The van der Waals surface area contributed by atoms with E-state index in [4.69, 9.17) is 4.74 Å². The molecule has 0 amide bonds. The largest absolute Gasteiger partial charge is 0.493 e. The van der Waals surface area contributed by atoms with Gasteiger partial charge in [0.15, 0.2) is 0 Å². The van der Waals surface area contributed by atoms with Crippen LogP contribution in [-0.2, 0) is 6.42 Å². The zero-order valence-electron chi connectivity index (χ0n) is 13.1. The van der Waals surface area contributed by atoms with Crippen molar-refractivity contribution in [2.75, 3.05) is 39.3 Å². The van der Waals surface area contributed by atoms with Crippen molar-refractivity contribution in [1.82, 2.24) is 10.2 Å². The van der Waals surface area contributed by atoms with Gasteiger partial charge < -0.3 is 15.0 Å². The van der Waals surface area contributed by atoms with Crippen LogP contribution in [0.3, 0.4) is 0 Å². The summed E-state index contributed by atoms with van der Waals surface area (Å²) in [5, 5.41) is 3.40. The monoisotopic (exact) mass is 276 g/mol. The third-order valence-electron chi connectivity index (χ3n) is 3.80. The first-order chi connectivity index (χ1) is 9.65. The zero-order chi connectivity index (χ0) is 14.4. The summed E-state index contributed by atoms with van der Waals surface area (Å²) in [6.07, 6.45) is 1.14. The van der Waals surface area contributed by atoms with Crippen molar-refractivity contribution in [3.8, 4) is 5.75 Å². The quantitative estimate of drug-likeness (QED) is 0.864. The second kappa shape index (κ2) is 7.65. The van der Waals surface area contributed by atoms with Crippen molar-refractivity contribution in [1.29, 1.82) is 0 Å². The maximum Gasteiger partial charge on any atom is 0.119 e. The Labute approximate surface area is 123 Å². The maximum atomic E-state index is 5.78. The molecule has 1 heterocycles. The molecule has 0 aliphatic carbocycles. The lowest BCUT2D eigenvalue weighted by Crippen LogP contribution is -2.44. The molecule has 1 aromatic rings. The maximum absolute atomic E-state index is 5.78. The molecule has 0 saturated carbocycles. The fourth-order valence-corrected chi connectivity index (χ4v) is 2.51. The van der Waals surface area contributed by atoms with Crippen LogP contribution in [0.15, 0.2) is 18.2 Å². The summed E-state index contributed by atoms with van der Waals surface area (Å²) in [6, 6.07) is 6.52. The molecule has 1 saturated heterocycles. The molecule has 1 aliphatic rings. The Hall–Kier alpha value is -1.06. The van der Waals surface area contributed by atoms with E-state index in [0.29, 0.717) is 5.92 Å². The molecule has 112 valence electrons. The van der Waals surface area contributed by atoms with Crippen LogP contribution in [0.1, 0.15) is 25.0 Å². The molecule has 3 nitrogen and oxygen atoms in total. The fraction of sp³-hybridized carbons (Fsp3) is 0.647. The average Bonchev–Trinajstić information content (AvgIpc) is 2.45. The molecule has 0 bridgehead atoms. The zero-order valence-corrected chi connectivity index (χ0v) is 13.1. The molecule has 0 unspecified atom stereocenters. The van der Waals surface area contributed by atoms with Crippen LogP contribution >= 0.6 is 0 Å². The number of hydrogen-bond acceptors (Lipinski definition) is 3. The molecule has 3 heteroatoms. The highest BCUT2D eigenvalue weighted by Crippen LogP contribution is 2.18. The minimum absolute atomic E-state index is 0.572. The van der Waals surface area contributed by atoms with E-state index in [1.54, 1.807) is 0 Å². The van der Waals surface area contributed by atoms with Crippen molar-refractivity contribution in [3.05, 3.63) is 29.3 Å². The van der Waals surface area contributed by atoms with Crippen LogP contribution < -0.4 is 10.1 Å². The summed E-state index contributed by atoms with van der Waals surface area (Å²) in [5.41, 5.74) is 2.79. The molecular weight excluding hydrogens is 248 g/mol. The lowest BCUT2D eigenvalue weighted by Gasteiger charge is -2.27. The predicted octanol–water partition coefficient (Wildman–Crippen LogP) is 2.48. The summed E-state index contributed by atoms with van der Waals surface area (Å²) in [4.78, 5) is 2.54. The van der Waals surface area contributed by atoms with Gasteiger partial charge in [-0.3, -0.25) is 0 Å². The van der Waals surface area contributed by atoms with Gasteiger partial charge in [-0.05, 0) is 42.5 Å². The van der Waals surface area contributed by atoms with Gasteiger partial charge in [-0.1, -0.05) is 19.9 Å². The number of rotatable bonds is 6. The van der Waals surface area contributed by atoms with E-state index in [9.17, 15) is 0 Å². The second-order valence-electron chi connectivity index (χ2n) is 6.13. The van der Waals surface area contributed by atoms with E-state index < -0.39 is 0 Å². The molecule has 0 spiro atoms. The Balaban J connectivity index is 1.85. The number of benzene rings is 1. The van der Waals surface area contributed by atoms with Crippen LogP contribution in [-0.4, -0.2) is 44.2 Å². The lowest BCUT2D eigenvalue weighted by molar-refractivity contribution is 0.243. The number of nitrogens with zero attached hydrogens (tertiary/aromatic N) is 1. The smallest absolute Gasteiger partial charge is 0.119 e. The molecule has 0 aromatic heterocycles. The van der Waals surface area contributed by atoms with Gasteiger partial charge in [0.05, 0.1) is 6.61 Å². The molecule has 1 N–H and O–H groups in total. The van der Waals surface area contributed by atoms with Gasteiger partial charge in [-0.2, -0.15) is 0 Å². The number of ether oxygens (including phenoxy) is 1. The molecule has 1 aromatic carbocycles. The molecule has 0 atom stereocenters. The van der Waals surface area contributed by atoms with Crippen molar-refractivity contribution < 1.29 is 4.74 Å². The molecule has 1 aliphatic heterocycles. The van der Waals surface area contributed by atoms with Gasteiger partial charge in [-0.25, -0.2) is 0 Å². The summed E-state index contributed by atoms with van der Waals surface area (Å²) in [6.45, 7) is 13.1. The van der Waals surface area contributed by atoms with Crippen molar-refractivity contribution in [2.24, 2.45) is 5.92 Å². The van der Waals surface area contributed by atoms with Gasteiger partial charge in [0.2, 0.25) is 0 Å². The van der Waals surface area contributed by atoms with Gasteiger partial charge in [-0.15, -0.1) is 0 Å². The van der Waals surface area contributed by atoms with Gasteiger partial charge in [0, 0.05) is 32.7 Å². The van der Waals surface area contributed by atoms with E-state index in [-0.39, 0.29) is 0 Å². The highest BCUT2D eigenvalue weighted by molar-refractivity contribution is 5.35. The Morgan fingerprint density at radius 3 is 2.65 bits per heavy atom. The summed E-state index contributed by atoms with van der Waals surface area (Å²) >= 11 is 0. The topological polar surface area (TPSA) is 24.5 Å². The number of aryl methyl sites for hydroxylation is 1. The predicted molar refractivity (Wildman–Crippen MR) is 84.5 cm³/mol. The van der Waals surface area contributed by atoms with E-state index in [1.165, 1.54) is 24.2 Å². The van der Waals surface area contributed by atoms with E-state index >= 15 is 0 Å². The van der Waals surface area contributed by atoms with Crippen LogP contribution in [0.2, 0.25) is 0 Å². The highest BCUT2D eigenvalue weighted by Gasteiger charge is 2.10. The Morgan fingerprint density at radius 2 is 2.00 bits per heavy atom. The SMILES string of the molecule is Cc1cc(OCC(C)C)ccc1CCN1CCNCC1. The van der Waals surface area contributed by atoms with Gasteiger partial charge in [0.25, 0.3) is 0 Å². The minimum Gasteiger partial charge on any atom is -0.493 e. The summed E-state index contributed by atoms with van der Waals surface area (Å²) < 4.78 is 5.78. The summed E-state index contributed by atoms with van der Waals surface area (Å²) in [7, 11) is 0. The van der Waals surface area contributed by atoms with Gasteiger partial charge in [0.1, 0.15) is 5.75 Å². The van der Waals surface area contributed by atoms with E-state index in [2.05, 4.69) is 49.2 Å². The molecule has 2 rings (SSSR count). The molecule has 1 fully saturated rings. The van der Waals surface area contributed by atoms with Crippen molar-refractivity contribution >= 4 is 0 Å². The minimum atomic E-state index is 0.572. The van der Waals surface area contributed by atoms with E-state index in [0.717, 1.165) is 38.4 Å². The van der Waals surface area contributed by atoms with Crippen molar-refractivity contribution in [2.45, 2.75) is 27.2 Å². The number of piperazine rings is 1. The normalized spacial score (nSPS) is 16.6. The molecular formula is C17H28N2O. The fourth-order valence-electron chi connectivity index (χ4n) is 2.51. The second-order valence-corrected chi connectivity index (χ2v) is 6.13. The molecule has 20 heavy (non-hydrogen) atoms. The third kappa shape index (κ3) is 4.80. The average molecular weight is 276 g/mol. The number of nitrogens with one attached hydrogen (secondary N) is 1. The first-order valence-corrected chi connectivity index (χ1v) is 7.80. The van der Waals surface area contributed by atoms with E-state index in [1.807, 2.05) is 0 Å². The Kier molecular flexibility index (Phi) is 5.86. The van der Waals surface area contributed by atoms with Crippen LogP contribution in [0.25, 0.3) is 0 Å². The first-order valence-electron chi connectivity index (χ1n) is 7.80. The Bertz CT molecular complexity index is 411. The standard InChI is InChI=1S/C17H28N2O/c1-14(2)13-20-17-5-4-16(15(3)12-17)6-9-19-10-7-18-8-11-19/h4-5,12,14,18H,6-11,13H2,1-3H3. The van der Waals surface area contributed by atoms with Crippen LogP contribution in [0, 0.1) is 12.8 Å². The van der Waals surface area contributed by atoms with Gasteiger partial charge >= 0.3 is 0 Å². The Morgan fingerprint density at radius 1 is 1.25 bits per heavy atom. The summed E-state index contributed by atoms with van der Waals surface area (Å²) in [5.74, 6) is 1.57.